The van der Waals surface area contributed by atoms with E-state index in [-0.39, 0.29) is 17.5 Å². The van der Waals surface area contributed by atoms with Crippen LogP contribution in [0.5, 0.6) is 5.75 Å². The van der Waals surface area contributed by atoms with Crippen LogP contribution in [0.2, 0.25) is 0 Å². The molecule has 0 spiro atoms. The van der Waals surface area contributed by atoms with Crippen LogP contribution in [0.3, 0.4) is 0 Å². The van der Waals surface area contributed by atoms with E-state index in [1.807, 2.05) is 0 Å². The highest BCUT2D eigenvalue weighted by molar-refractivity contribution is 7.21. The van der Waals surface area contributed by atoms with Gasteiger partial charge in [-0.15, -0.1) is 5.10 Å². The molecular formula is C16H12F4N4O5S. The summed E-state index contributed by atoms with van der Waals surface area (Å²) >= 11 is 1.19. The molecule has 1 aliphatic rings. The molecule has 2 aromatic heterocycles. The average molecular weight is 448 g/mol. The van der Waals surface area contributed by atoms with Gasteiger partial charge < -0.3 is 20.3 Å². The summed E-state index contributed by atoms with van der Waals surface area (Å²) in [6.45, 7) is 0.401. The molecule has 0 fully saturated rings. The molecule has 30 heavy (non-hydrogen) atoms. The topological polar surface area (TPSA) is 126 Å². The van der Waals surface area contributed by atoms with Gasteiger partial charge in [0.15, 0.2) is 22.1 Å². The number of aliphatic carboxylic acids is 1. The first-order valence-electron chi connectivity index (χ1n) is 8.13. The highest BCUT2D eigenvalue weighted by Gasteiger charge is 2.38. The first-order chi connectivity index (χ1) is 14.1. The molecule has 14 heteroatoms. The molecule has 0 saturated heterocycles. The third kappa shape index (κ3) is 4.42. The molecule has 1 aromatic carbocycles. The van der Waals surface area contributed by atoms with Crippen molar-refractivity contribution in [3.63, 3.8) is 0 Å². The Balaban J connectivity index is 0.000000318. The average Bonchev–Trinajstić information content (AvgIpc) is 3.22. The van der Waals surface area contributed by atoms with Gasteiger partial charge in [-0.1, -0.05) is 23.5 Å². The number of carboxylic acids is 2. The fraction of sp³-hybridized carbons (Fsp3) is 0.250. The number of hydrogen-bond acceptors (Lipinski definition) is 7. The lowest BCUT2D eigenvalue weighted by Crippen LogP contribution is -2.21. The Hall–Kier alpha value is -3.42. The zero-order chi connectivity index (χ0) is 22.1. The van der Waals surface area contributed by atoms with Gasteiger partial charge in [-0.2, -0.15) is 13.2 Å². The number of nitrogens with zero attached hydrogens (tertiary/aromatic N) is 3. The van der Waals surface area contributed by atoms with Gasteiger partial charge in [-0.05, 0) is 6.07 Å². The molecule has 3 N–H and O–H groups in total. The third-order valence-corrected chi connectivity index (χ3v) is 4.83. The van der Waals surface area contributed by atoms with Crippen LogP contribution in [0.25, 0.3) is 4.83 Å². The SMILES string of the molecule is O=C(O)C(F)(F)F.O=C(O)c1ncn2nc(N[C@H]3CCOc4c(F)cccc43)sc12. The van der Waals surface area contributed by atoms with E-state index in [1.54, 1.807) is 12.1 Å². The van der Waals surface area contributed by atoms with Gasteiger partial charge in [0.05, 0.1) is 12.6 Å². The van der Waals surface area contributed by atoms with Crippen molar-refractivity contribution >= 4 is 33.2 Å². The Morgan fingerprint density at radius 1 is 1.30 bits per heavy atom. The molecule has 1 aliphatic heterocycles. The van der Waals surface area contributed by atoms with Crippen LogP contribution in [0.1, 0.15) is 28.5 Å². The Kier molecular flexibility index (Phi) is 5.78. The van der Waals surface area contributed by atoms with E-state index < -0.39 is 23.9 Å². The quantitative estimate of drug-likeness (QED) is 0.522. The minimum atomic E-state index is -5.08. The zero-order valence-corrected chi connectivity index (χ0v) is 15.5. The second-order valence-electron chi connectivity index (χ2n) is 5.85. The Morgan fingerprint density at radius 2 is 2.00 bits per heavy atom. The van der Waals surface area contributed by atoms with E-state index in [0.29, 0.717) is 23.0 Å². The molecule has 0 bridgehead atoms. The molecule has 1 atom stereocenters. The number of imidazole rings is 1. The second kappa shape index (κ2) is 8.14. The Morgan fingerprint density at radius 3 is 2.63 bits per heavy atom. The maximum absolute atomic E-state index is 13.8. The number of fused-ring (bicyclic) bond motifs is 2. The molecule has 3 heterocycles. The zero-order valence-electron chi connectivity index (χ0n) is 14.7. The molecule has 160 valence electrons. The van der Waals surface area contributed by atoms with Crippen molar-refractivity contribution in [2.45, 2.75) is 18.6 Å². The first kappa shape index (κ1) is 21.3. The number of ether oxygens (including phenoxy) is 1. The normalized spacial score (nSPS) is 15.5. The number of carboxylic acid groups (broad SMARTS) is 2. The van der Waals surface area contributed by atoms with Crippen molar-refractivity contribution in [3.05, 3.63) is 41.6 Å². The molecule has 4 rings (SSSR count). The van der Waals surface area contributed by atoms with Crippen LogP contribution < -0.4 is 10.1 Å². The van der Waals surface area contributed by atoms with Crippen LogP contribution in [0.15, 0.2) is 24.5 Å². The van der Waals surface area contributed by atoms with Crippen molar-refractivity contribution in [1.82, 2.24) is 14.6 Å². The van der Waals surface area contributed by atoms with Gasteiger partial charge >= 0.3 is 18.1 Å². The number of nitrogens with one attached hydrogen (secondary N) is 1. The van der Waals surface area contributed by atoms with Gasteiger partial charge in [0.1, 0.15) is 6.33 Å². The van der Waals surface area contributed by atoms with Gasteiger partial charge in [0.2, 0.25) is 5.13 Å². The van der Waals surface area contributed by atoms with E-state index in [1.165, 1.54) is 28.2 Å². The predicted molar refractivity (Wildman–Crippen MR) is 94.4 cm³/mol. The number of benzene rings is 1. The molecule has 3 aromatic rings. The minimum absolute atomic E-state index is 0.0334. The fourth-order valence-corrected chi connectivity index (χ4v) is 3.53. The Bertz CT molecular complexity index is 1100. The van der Waals surface area contributed by atoms with Gasteiger partial charge in [-0.25, -0.2) is 23.5 Å². The number of carbonyl (C=O) groups is 2. The van der Waals surface area contributed by atoms with Crippen molar-refractivity contribution in [1.29, 1.82) is 0 Å². The number of anilines is 1. The van der Waals surface area contributed by atoms with Crippen LogP contribution in [0, 0.1) is 5.82 Å². The largest absolute Gasteiger partial charge is 0.490 e. The van der Waals surface area contributed by atoms with Crippen molar-refractivity contribution in [2.75, 3.05) is 11.9 Å². The maximum atomic E-state index is 13.8. The van der Waals surface area contributed by atoms with Gasteiger partial charge in [0, 0.05) is 12.0 Å². The number of alkyl halides is 3. The standard InChI is InChI=1S/C14H11FN4O3S.C2HF3O2/c15-8-3-1-2-7-9(4-5-22-11(7)8)17-14-18-19-6-16-10(13(20)21)12(19)23-14;3-2(4,5)1(6)7/h1-3,6,9H,4-5H2,(H,17,18)(H,20,21);(H,6,7)/t9-;/m0./s1. The third-order valence-electron chi connectivity index (χ3n) is 3.87. The fourth-order valence-electron chi connectivity index (χ4n) is 2.60. The van der Waals surface area contributed by atoms with Gasteiger partial charge in [0.25, 0.3) is 0 Å². The smallest absolute Gasteiger partial charge is 0.490 e. The van der Waals surface area contributed by atoms with Crippen LogP contribution in [0.4, 0.5) is 22.7 Å². The molecule has 0 unspecified atom stereocenters. The summed E-state index contributed by atoms with van der Waals surface area (Å²) in [6.07, 6.45) is -3.06. The van der Waals surface area contributed by atoms with E-state index in [2.05, 4.69) is 15.4 Å². The van der Waals surface area contributed by atoms with Crippen molar-refractivity contribution in [3.8, 4) is 5.75 Å². The van der Waals surface area contributed by atoms with E-state index in [0.717, 1.165) is 5.56 Å². The monoisotopic (exact) mass is 448 g/mol. The Labute approximate surface area is 168 Å². The van der Waals surface area contributed by atoms with E-state index in [9.17, 15) is 22.4 Å². The van der Waals surface area contributed by atoms with Crippen molar-refractivity contribution < 1.29 is 42.1 Å². The lowest BCUT2D eigenvalue weighted by atomic mass is 10.0. The summed E-state index contributed by atoms with van der Waals surface area (Å²) in [5, 5.41) is 24.3. The number of aromatic nitrogens is 3. The molecule has 0 saturated carbocycles. The number of hydrogen-bond donors (Lipinski definition) is 3. The maximum Gasteiger partial charge on any atom is 0.490 e. The minimum Gasteiger partial charge on any atom is -0.490 e. The predicted octanol–water partition coefficient (Wildman–Crippen LogP) is 3.20. The number of aromatic carboxylic acids is 1. The van der Waals surface area contributed by atoms with E-state index >= 15 is 0 Å². The second-order valence-corrected chi connectivity index (χ2v) is 6.83. The summed E-state index contributed by atoms with van der Waals surface area (Å²) < 4.78 is 52.3. The number of rotatable bonds is 3. The summed E-state index contributed by atoms with van der Waals surface area (Å²) in [4.78, 5) is 24.3. The van der Waals surface area contributed by atoms with Crippen LogP contribution in [-0.4, -0.2) is 49.5 Å². The summed E-state index contributed by atoms with van der Waals surface area (Å²) in [5.41, 5.74) is 0.696. The molecule has 0 aliphatic carbocycles. The molecule has 0 amide bonds. The summed E-state index contributed by atoms with van der Waals surface area (Å²) in [5.74, 6) is -3.99. The van der Waals surface area contributed by atoms with Gasteiger partial charge in [-0.3, -0.25) is 0 Å². The molecule has 9 nitrogen and oxygen atoms in total. The summed E-state index contributed by atoms with van der Waals surface area (Å²) in [7, 11) is 0. The first-order valence-corrected chi connectivity index (χ1v) is 8.95. The highest BCUT2D eigenvalue weighted by Crippen LogP contribution is 2.37. The number of halogens is 4. The van der Waals surface area contributed by atoms with Crippen LogP contribution >= 0.6 is 11.3 Å². The van der Waals surface area contributed by atoms with Crippen molar-refractivity contribution in [2.24, 2.45) is 0 Å². The molecule has 0 radical (unpaired) electrons. The molecular weight excluding hydrogens is 436 g/mol. The van der Waals surface area contributed by atoms with Crippen LogP contribution in [-0.2, 0) is 4.79 Å². The lowest BCUT2D eigenvalue weighted by molar-refractivity contribution is -0.192. The number of para-hydroxylation sites is 1. The lowest BCUT2D eigenvalue weighted by Gasteiger charge is -2.26. The summed E-state index contributed by atoms with van der Waals surface area (Å²) in [6, 6.07) is 4.66. The highest BCUT2D eigenvalue weighted by atomic mass is 32.1. The van der Waals surface area contributed by atoms with E-state index in [4.69, 9.17) is 19.7 Å².